The Morgan fingerprint density at radius 2 is 1.81 bits per heavy atom. The maximum atomic E-state index is 5.55. The fourth-order valence-corrected chi connectivity index (χ4v) is 5.14. The fourth-order valence-electron chi connectivity index (χ4n) is 4.23. The number of methoxy groups -OCH3 is 3. The molecule has 0 spiro atoms. The number of allylic oxidation sites excluding steroid dienone is 2. The Labute approximate surface area is 164 Å². The zero-order chi connectivity index (χ0) is 18.8. The molecule has 1 aromatic heterocycles. The summed E-state index contributed by atoms with van der Waals surface area (Å²) in [6.45, 7) is 1.87. The Balaban J connectivity index is 1.43. The first-order valence-corrected chi connectivity index (χ1v) is 10.2. The van der Waals surface area contributed by atoms with Crippen LogP contribution in [0.2, 0.25) is 0 Å². The van der Waals surface area contributed by atoms with Crippen LogP contribution in [-0.2, 0) is 6.54 Å². The molecule has 3 atom stereocenters. The summed E-state index contributed by atoms with van der Waals surface area (Å²) in [7, 11) is 4.93. The summed E-state index contributed by atoms with van der Waals surface area (Å²) in [6, 6.07) is 3.80. The molecule has 2 bridgehead atoms. The molecule has 1 fully saturated rings. The van der Waals surface area contributed by atoms with E-state index in [9.17, 15) is 0 Å². The summed E-state index contributed by atoms with van der Waals surface area (Å²) < 4.78 is 16.4. The lowest BCUT2D eigenvalue weighted by atomic mass is 9.94. The minimum Gasteiger partial charge on any atom is -0.496 e. The average Bonchev–Trinajstić information content (AvgIpc) is 3.44. The van der Waals surface area contributed by atoms with Gasteiger partial charge in [0.1, 0.15) is 10.8 Å². The van der Waals surface area contributed by atoms with Crippen molar-refractivity contribution < 1.29 is 14.2 Å². The van der Waals surface area contributed by atoms with Gasteiger partial charge in [-0.05, 0) is 43.2 Å². The van der Waals surface area contributed by atoms with E-state index in [1.807, 2.05) is 18.3 Å². The van der Waals surface area contributed by atoms with Gasteiger partial charge in [0.15, 0.2) is 11.5 Å². The third kappa shape index (κ3) is 3.69. The molecule has 0 radical (unpaired) electrons. The summed E-state index contributed by atoms with van der Waals surface area (Å²) in [5.41, 5.74) is 0.970. The van der Waals surface area contributed by atoms with Gasteiger partial charge in [-0.3, -0.25) is 0 Å². The van der Waals surface area contributed by atoms with Crippen molar-refractivity contribution >= 4 is 11.3 Å². The molecular weight excluding hydrogens is 360 g/mol. The highest BCUT2D eigenvalue weighted by Crippen LogP contribution is 2.43. The standard InChI is InChI=1S/C21H26N2O3S/c1-24-17-9-19(26-3)18(25-2)8-16(17)20-11-23-21(27-20)12-22-10-15-7-13-4-5-14(15)6-13/h4-5,8-9,11,13-15,22H,6-7,10,12H2,1-3H3. The molecule has 1 aromatic carbocycles. The van der Waals surface area contributed by atoms with E-state index in [-0.39, 0.29) is 0 Å². The number of benzene rings is 1. The minimum absolute atomic E-state index is 0.657. The summed E-state index contributed by atoms with van der Waals surface area (Å²) in [6.07, 6.45) is 9.40. The van der Waals surface area contributed by atoms with E-state index in [0.717, 1.165) is 52.0 Å². The van der Waals surface area contributed by atoms with Crippen LogP contribution in [0.15, 0.2) is 30.5 Å². The van der Waals surface area contributed by atoms with Crippen molar-refractivity contribution in [1.29, 1.82) is 0 Å². The van der Waals surface area contributed by atoms with Crippen molar-refractivity contribution in [3.05, 3.63) is 35.5 Å². The predicted octanol–water partition coefficient (Wildman–Crippen LogP) is 4.14. The number of thiazole rings is 1. The van der Waals surface area contributed by atoms with Crippen molar-refractivity contribution in [2.24, 2.45) is 17.8 Å². The number of aromatic nitrogens is 1. The van der Waals surface area contributed by atoms with Gasteiger partial charge in [0.25, 0.3) is 0 Å². The van der Waals surface area contributed by atoms with E-state index in [1.165, 1.54) is 12.8 Å². The maximum absolute atomic E-state index is 5.55. The second kappa shape index (κ2) is 7.90. The van der Waals surface area contributed by atoms with E-state index in [0.29, 0.717) is 11.5 Å². The van der Waals surface area contributed by atoms with E-state index in [1.54, 1.807) is 32.7 Å². The van der Waals surface area contributed by atoms with Crippen LogP contribution in [-0.4, -0.2) is 32.9 Å². The SMILES string of the molecule is COc1cc(OC)c(-c2cnc(CNCC3CC4C=CC3C4)s2)cc1OC. The number of rotatable bonds is 8. The molecule has 27 heavy (non-hydrogen) atoms. The largest absolute Gasteiger partial charge is 0.496 e. The number of fused-ring (bicyclic) bond motifs is 2. The summed E-state index contributed by atoms with van der Waals surface area (Å²) in [5.74, 6) is 4.49. The first-order valence-electron chi connectivity index (χ1n) is 9.36. The highest BCUT2D eigenvalue weighted by molar-refractivity contribution is 7.15. The average molecular weight is 387 g/mol. The first-order chi connectivity index (χ1) is 13.2. The minimum atomic E-state index is 0.657. The molecule has 2 aromatic rings. The van der Waals surface area contributed by atoms with Crippen LogP contribution in [0.1, 0.15) is 17.8 Å². The third-order valence-corrected chi connectivity index (χ3v) is 6.65. The number of hydrogen-bond acceptors (Lipinski definition) is 6. The Morgan fingerprint density at radius 1 is 1.04 bits per heavy atom. The zero-order valence-electron chi connectivity index (χ0n) is 16.0. The van der Waals surface area contributed by atoms with Crippen LogP contribution >= 0.6 is 11.3 Å². The molecule has 0 saturated heterocycles. The molecule has 0 aliphatic heterocycles. The second-order valence-electron chi connectivity index (χ2n) is 7.20. The van der Waals surface area contributed by atoms with Crippen LogP contribution in [0.25, 0.3) is 10.4 Å². The second-order valence-corrected chi connectivity index (χ2v) is 8.31. The molecule has 6 heteroatoms. The molecule has 1 saturated carbocycles. The Morgan fingerprint density at radius 3 is 2.48 bits per heavy atom. The summed E-state index contributed by atoms with van der Waals surface area (Å²) >= 11 is 1.68. The predicted molar refractivity (Wildman–Crippen MR) is 108 cm³/mol. The Bertz CT molecular complexity index is 833. The lowest BCUT2D eigenvalue weighted by Crippen LogP contribution is -2.24. The van der Waals surface area contributed by atoms with Crippen molar-refractivity contribution in [3.8, 4) is 27.7 Å². The lowest BCUT2D eigenvalue weighted by molar-refractivity contribution is 0.349. The van der Waals surface area contributed by atoms with Crippen LogP contribution < -0.4 is 19.5 Å². The number of nitrogens with one attached hydrogen (secondary N) is 1. The lowest BCUT2D eigenvalue weighted by Gasteiger charge is -2.18. The summed E-state index contributed by atoms with van der Waals surface area (Å²) in [5, 5.41) is 4.68. The smallest absolute Gasteiger partial charge is 0.164 e. The molecule has 2 aliphatic rings. The number of ether oxygens (including phenoxy) is 3. The molecule has 2 aliphatic carbocycles. The maximum Gasteiger partial charge on any atom is 0.164 e. The van der Waals surface area contributed by atoms with Gasteiger partial charge in [0.05, 0.1) is 26.2 Å². The van der Waals surface area contributed by atoms with Gasteiger partial charge in [-0.2, -0.15) is 0 Å². The topological polar surface area (TPSA) is 52.6 Å². The molecule has 4 rings (SSSR count). The Kier molecular flexibility index (Phi) is 5.36. The molecule has 1 N–H and O–H groups in total. The van der Waals surface area contributed by atoms with Crippen molar-refractivity contribution in [2.45, 2.75) is 19.4 Å². The molecule has 3 unspecified atom stereocenters. The van der Waals surface area contributed by atoms with E-state index in [2.05, 4.69) is 22.5 Å². The van der Waals surface area contributed by atoms with Gasteiger partial charge in [-0.15, -0.1) is 11.3 Å². The van der Waals surface area contributed by atoms with Gasteiger partial charge in [-0.25, -0.2) is 4.98 Å². The van der Waals surface area contributed by atoms with E-state index in [4.69, 9.17) is 14.2 Å². The molecule has 144 valence electrons. The van der Waals surface area contributed by atoms with Crippen LogP contribution in [0.4, 0.5) is 0 Å². The normalized spacial score (nSPS) is 23.0. The number of nitrogens with zero attached hydrogens (tertiary/aromatic N) is 1. The fraction of sp³-hybridized carbons (Fsp3) is 0.476. The quantitative estimate of drug-likeness (QED) is 0.691. The monoisotopic (exact) mass is 386 g/mol. The highest BCUT2D eigenvalue weighted by atomic mass is 32.1. The molecule has 1 heterocycles. The zero-order valence-corrected chi connectivity index (χ0v) is 16.8. The Hall–Kier alpha value is -2.05. The van der Waals surface area contributed by atoms with Gasteiger partial charge in [0, 0.05) is 24.4 Å². The van der Waals surface area contributed by atoms with Crippen LogP contribution in [0, 0.1) is 17.8 Å². The van der Waals surface area contributed by atoms with Gasteiger partial charge < -0.3 is 19.5 Å². The molecule has 5 nitrogen and oxygen atoms in total. The first kappa shape index (κ1) is 18.3. The van der Waals surface area contributed by atoms with Crippen molar-refractivity contribution in [1.82, 2.24) is 10.3 Å². The van der Waals surface area contributed by atoms with E-state index >= 15 is 0 Å². The van der Waals surface area contributed by atoms with Gasteiger partial charge in [0.2, 0.25) is 0 Å². The van der Waals surface area contributed by atoms with Gasteiger partial charge >= 0.3 is 0 Å². The highest BCUT2D eigenvalue weighted by Gasteiger charge is 2.34. The molecular formula is C21H26N2O3S. The van der Waals surface area contributed by atoms with E-state index < -0.39 is 0 Å². The summed E-state index contributed by atoms with van der Waals surface area (Å²) in [4.78, 5) is 5.66. The van der Waals surface area contributed by atoms with Crippen LogP contribution in [0.3, 0.4) is 0 Å². The molecule has 0 amide bonds. The number of hydrogen-bond donors (Lipinski definition) is 1. The van der Waals surface area contributed by atoms with Crippen LogP contribution in [0.5, 0.6) is 17.2 Å². The van der Waals surface area contributed by atoms with Crippen molar-refractivity contribution in [3.63, 3.8) is 0 Å². The van der Waals surface area contributed by atoms with Gasteiger partial charge in [-0.1, -0.05) is 12.2 Å². The van der Waals surface area contributed by atoms with Crippen molar-refractivity contribution in [2.75, 3.05) is 27.9 Å². The third-order valence-electron chi connectivity index (χ3n) is 5.62.